The first kappa shape index (κ1) is 11.8. The third-order valence-electron chi connectivity index (χ3n) is 3.10. The van der Waals surface area contributed by atoms with Crippen LogP contribution >= 0.6 is 0 Å². The molecule has 7 nitrogen and oxygen atoms in total. The Bertz CT molecular complexity index is 480. The minimum atomic E-state index is -0.606. The first-order valence-electron chi connectivity index (χ1n) is 5.88. The molecule has 17 heavy (non-hydrogen) atoms. The fourth-order valence-corrected chi connectivity index (χ4v) is 2.14. The molecule has 0 aromatic carbocycles. The lowest BCUT2D eigenvalue weighted by molar-refractivity contribution is 0.525. The second kappa shape index (κ2) is 5.13. The van der Waals surface area contributed by atoms with Crippen molar-refractivity contribution in [2.75, 3.05) is 5.32 Å². The van der Waals surface area contributed by atoms with Crippen LogP contribution in [0.3, 0.4) is 0 Å². The molecule has 7 heteroatoms. The van der Waals surface area contributed by atoms with Gasteiger partial charge in [0.25, 0.3) is 5.56 Å². The number of nitrogens with zero attached hydrogens (tertiary/aromatic N) is 1. The monoisotopic (exact) mass is 239 g/mol. The molecule has 2 rings (SSSR count). The normalized spacial score (nSPS) is 25.2. The lowest BCUT2D eigenvalue weighted by Crippen LogP contribution is -2.41. The van der Waals surface area contributed by atoms with Gasteiger partial charge in [0.15, 0.2) is 0 Å². The molecule has 0 spiro atoms. The van der Waals surface area contributed by atoms with Gasteiger partial charge in [0.1, 0.15) is 0 Å². The highest BCUT2D eigenvalue weighted by Crippen LogP contribution is 2.18. The highest BCUT2D eigenvalue weighted by molar-refractivity contribution is 5.31. The first-order valence-corrected chi connectivity index (χ1v) is 5.88. The van der Waals surface area contributed by atoms with Gasteiger partial charge in [-0.1, -0.05) is 19.3 Å². The quantitative estimate of drug-likeness (QED) is 0.520. The van der Waals surface area contributed by atoms with Gasteiger partial charge >= 0.3 is 5.69 Å². The van der Waals surface area contributed by atoms with E-state index in [0.717, 1.165) is 25.7 Å². The van der Waals surface area contributed by atoms with Crippen molar-refractivity contribution < 1.29 is 0 Å². The summed E-state index contributed by atoms with van der Waals surface area (Å²) in [4.78, 5) is 24.4. The molecule has 2 unspecified atom stereocenters. The van der Waals surface area contributed by atoms with Gasteiger partial charge in [0.05, 0.1) is 0 Å². The molecule has 94 valence electrons. The van der Waals surface area contributed by atoms with Crippen LogP contribution in [0.2, 0.25) is 0 Å². The molecule has 1 aliphatic carbocycles. The maximum absolute atomic E-state index is 11.5. The Morgan fingerprint density at radius 1 is 1.24 bits per heavy atom. The molecular formula is C10H17N5O2. The summed E-state index contributed by atoms with van der Waals surface area (Å²) in [5.41, 5.74) is 4.92. The minimum Gasteiger partial charge on any atom is -0.360 e. The average molecular weight is 239 g/mol. The van der Waals surface area contributed by atoms with Crippen molar-refractivity contribution in [1.82, 2.24) is 15.2 Å². The molecule has 0 saturated heterocycles. The topological polar surface area (TPSA) is 117 Å². The molecule has 1 fully saturated rings. The number of nitrogens with two attached hydrogens (primary N) is 1. The molecule has 0 amide bonds. The van der Waals surface area contributed by atoms with E-state index in [-0.39, 0.29) is 17.9 Å². The van der Waals surface area contributed by atoms with Crippen LogP contribution in [0.25, 0.3) is 0 Å². The van der Waals surface area contributed by atoms with Crippen molar-refractivity contribution in [2.24, 2.45) is 5.73 Å². The van der Waals surface area contributed by atoms with Crippen molar-refractivity contribution in [1.29, 1.82) is 0 Å². The summed E-state index contributed by atoms with van der Waals surface area (Å²) in [6.45, 7) is 0. The van der Waals surface area contributed by atoms with Gasteiger partial charge in [-0.05, 0) is 12.8 Å². The SMILES string of the molecule is NC1CCCCCC1Nc1n[nH]c(=O)[nH]c1=O. The zero-order chi connectivity index (χ0) is 12.3. The summed E-state index contributed by atoms with van der Waals surface area (Å²) in [5.74, 6) is 0.131. The smallest absolute Gasteiger partial charge is 0.342 e. The van der Waals surface area contributed by atoms with Crippen LogP contribution in [0.1, 0.15) is 32.1 Å². The lowest BCUT2D eigenvalue weighted by Gasteiger charge is -2.22. The van der Waals surface area contributed by atoms with E-state index in [0.29, 0.717) is 0 Å². The van der Waals surface area contributed by atoms with Gasteiger partial charge in [0, 0.05) is 12.1 Å². The summed E-state index contributed by atoms with van der Waals surface area (Å²) in [5, 5.41) is 8.90. The van der Waals surface area contributed by atoms with Gasteiger partial charge in [-0.3, -0.25) is 9.78 Å². The Hall–Kier alpha value is -1.63. The number of rotatable bonds is 2. The molecule has 2 atom stereocenters. The van der Waals surface area contributed by atoms with E-state index in [2.05, 4.69) is 20.5 Å². The Kier molecular flexibility index (Phi) is 3.58. The Morgan fingerprint density at radius 2 is 2.00 bits per heavy atom. The van der Waals surface area contributed by atoms with E-state index in [1.807, 2.05) is 0 Å². The van der Waals surface area contributed by atoms with Crippen molar-refractivity contribution in [3.63, 3.8) is 0 Å². The van der Waals surface area contributed by atoms with Gasteiger partial charge in [-0.2, -0.15) is 0 Å². The second-order valence-electron chi connectivity index (χ2n) is 4.41. The summed E-state index contributed by atoms with van der Waals surface area (Å²) in [6.07, 6.45) is 5.24. The molecule has 0 bridgehead atoms. The zero-order valence-corrected chi connectivity index (χ0v) is 9.53. The number of anilines is 1. The Labute approximate surface area is 97.8 Å². The van der Waals surface area contributed by atoms with Crippen LogP contribution in [0.5, 0.6) is 0 Å². The van der Waals surface area contributed by atoms with Crippen molar-refractivity contribution in [3.05, 3.63) is 20.8 Å². The van der Waals surface area contributed by atoms with Crippen LogP contribution < -0.4 is 22.3 Å². The maximum Gasteiger partial charge on any atom is 0.342 e. The highest BCUT2D eigenvalue weighted by Gasteiger charge is 2.21. The zero-order valence-electron chi connectivity index (χ0n) is 9.53. The largest absolute Gasteiger partial charge is 0.360 e. The molecule has 1 aromatic heterocycles. The third kappa shape index (κ3) is 2.94. The van der Waals surface area contributed by atoms with Crippen LogP contribution in [-0.4, -0.2) is 27.3 Å². The van der Waals surface area contributed by atoms with E-state index < -0.39 is 11.2 Å². The Balaban J connectivity index is 2.13. The fraction of sp³-hybridized carbons (Fsp3) is 0.700. The van der Waals surface area contributed by atoms with Crippen LogP contribution in [-0.2, 0) is 0 Å². The van der Waals surface area contributed by atoms with E-state index in [1.165, 1.54) is 6.42 Å². The van der Waals surface area contributed by atoms with Crippen molar-refractivity contribution >= 4 is 5.82 Å². The van der Waals surface area contributed by atoms with Gasteiger partial charge < -0.3 is 11.1 Å². The fourth-order valence-electron chi connectivity index (χ4n) is 2.14. The third-order valence-corrected chi connectivity index (χ3v) is 3.10. The Morgan fingerprint density at radius 3 is 2.76 bits per heavy atom. The van der Waals surface area contributed by atoms with Gasteiger partial charge in [-0.25, -0.2) is 9.89 Å². The molecule has 5 N–H and O–H groups in total. The number of nitrogens with one attached hydrogen (secondary N) is 3. The van der Waals surface area contributed by atoms with Crippen molar-refractivity contribution in [2.45, 2.75) is 44.2 Å². The van der Waals surface area contributed by atoms with Crippen LogP contribution in [0, 0.1) is 0 Å². The predicted octanol–water partition coefficient (Wildman–Crippen LogP) is -0.470. The van der Waals surface area contributed by atoms with Gasteiger partial charge in [-0.15, -0.1) is 5.10 Å². The number of hydrogen-bond acceptors (Lipinski definition) is 5. The summed E-state index contributed by atoms with van der Waals surface area (Å²) < 4.78 is 0. The second-order valence-corrected chi connectivity index (χ2v) is 4.41. The lowest BCUT2D eigenvalue weighted by atomic mass is 10.0. The molecule has 0 radical (unpaired) electrons. The molecule has 1 aliphatic rings. The van der Waals surface area contributed by atoms with Crippen molar-refractivity contribution in [3.8, 4) is 0 Å². The number of aromatic nitrogens is 3. The van der Waals surface area contributed by atoms with Gasteiger partial charge in [0.2, 0.25) is 5.82 Å². The molecule has 0 aliphatic heterocycles. The summed E-state index contributed by atoms with van der Waals surface area (Å²) >= 11 is 0. The summed E-state index contributed by atoms with van der Waals surface area (Å²) in [7, 11) is 0. The minimum absolute atomic E-state index is 0.0191. The van der Waals surface area contributed by atoms with E-state index >= 15 is 0 Å². The first-order chi connectivity index (χ1) is 8.16. The average Bonchev–Trinajstić information content (AvgIpc) is 2.48. The number of hydrogen-bond donors (Lipinski definition) is 4. The van der Waals surface area contributed by atoms with Crippen LogP contribution in [0.4, 0.5) is 5.82 Å². The van der Waals surface area contributed by atoms with E-state index in [1.54, 1.807) is 0 Å². The molecule has 1 aromatic rings. The number of aromatic amines is 2. The van der Waals surface area contributed by atoms with E-state index in [9.17, 15) is 9.59 Å². The molecule has 1 heterocycles. The molecule has 1 saturated carbocycles. The number of H-pyrrole nitrogens is 2. The van der Waals surface area contributed by atoms with E-state index in [4.69, 9.17) is 5.73 Å². The maximum atomic E-state index is 11.5. The standard InChI is InChI=1S/C10H17N5O2/c11-6-4-2-1-3-5-7(6)12-8-9(16)13-10(17)15-14-8/h6-7H,1-5,11H2,(H,12,14)(H2,13,15,16,17). The highest BCUT2D eigenvalue weighted by atomic mass is 16.2. The summed E-state index contributed by atoms with van der Waals surface area (Å²) in [6, 6.07) is 0.0580. The molecular weight excluding hydrogens is 222 g/mol. The van der Waals surface area contributed by atoms with Crippen LogP contribution in [0.15, 0.2) is 9.59 Å². The predicted molar refractivity (Wildman–Crippen MR) is 63.9 cm³/mol.